The predicted octanol–water partition coefficient (Wildman–Crippen LogP) is 7.39. The first kappa shape index (κ1) is 30.7. The van der Waals surface area contributed by atoms with Gasteiger partial charge in [-0.2, -0.15) is 0 Å². The molecule has 2 atom stereocenters. The fourth-order valence-corrected chi connectivity index (χ4v) is 6.31. The van der Waals surface area contributed by atoms with Crippen molar-refractivity contribution < 1.29 is 28.5 Å². The quantitative estimate of drug-likeness (QED) is 0.186. The number of esters is 1. The molecule has 1 N–H and O–H groups in total. The maximum absolute atomic E-state index is 14.2. The van der Waals surface area contributed by atoms with E-state index in [0.717, 1.165) is 28.0 Å². The van der Waals surface area contributed by atoms with E-state index in [1.165, 1.54) is 0 Å². The fraction of sp³-hybridized carbons (Fsp3) is 0.231. The number of dihydropyridines is 1. The van der Waals surface area contributed by atoms with Gasteiger partial charge in [0.15, 0.2) is 17.3 Å². The summed E-state index contributed by atoms with van der Waals surface area (Å²) in [7, 11) is 3.20. The maximum Gasteiger partial charge on any atom is 0.337 e. The lowest BCUT2D eigenvalue weighted by Gasteiger charge is -2.37. The summed E-state index contributed by atoms with van der Waals surface area (Å²) in [5.41, 5.74) is 6.21. The summed E-state index contributed by atoms with van der Waals surface area (Å²) in [6, 6.07) is 33.0. The van der Waals surface area contributed by atoms with Crippen LogP contribution in [0.3, 0.4) is 0 Å². The monoisotopic (exact) mass is 615 g/mol. The second kappa shape index (κ2) is 13.8. The lowest BCUT2D eigenvalue weighted by molar-refractivity contribution is -0.140. The van der Waals surface area contributed by atoms with E-state index in [1.807, 2.05) is 110 Å². The summed E-state index contributed by atoms with van der Waals surface area (Å²) in [5, 5.41) is 3.44. The maximum atomic E-state index is 14.2. The molecule has 6 rings (SSSR count). The highest BCUT2D eigenvalue weighted by Crippen LogP contribution is 2.47. The van der Waals surface area contributed by atoms with Gasteiger partial charge in [-0.3, -0.25) is 4.79 Å². The third kappa shape index (κ3) is 6.54. The number of ether oxygens (including phenoxy) is 4. The summed E-state index contributed by atoms with van der Waals surface area (Å²) in [6.07, 6.45) is 0.892. The van der Waals surface area contributed by atoms with E-state index >= 15 is 0 Å². The lowest BCUT2D eigenvalue weighted by Crippen LogP contribution is -2.36. The number of benzene rings is 4. The molecule has 0 aromatic heterocycles. The molecule has 4 aromatic rings. The van der Waals surface area contributed by atoms with Crippen LogP contribution in [-0.4, -0.2) is 26.0 Å². The van der Waals surface area contributed by atoms with E-state index in [1.54, 1.807) is 14.2 Å². The number of hydrogen-bond acceptors (Lipinski definition) is 7. The first-order valence-electron chi connectivity index (χ1n) is 15.4. The first-order valence-corrected chi connectivity index (χ1v) is 15.4. The second-order valence-corrected chi connectivity index (χ2v) is 11.5. The van der Waals surface area contributed by atoms with Gasteiger partial charge in [0.05, 0.1) is 19.8 Å². The zero-order chi connectivity index (χ0) is 32.0. The van der Waals surface area contributed by atoms with Gasteiger partial charge in [0.25, 0.3) is 0 Å². The molecule has 4 aromatic carbocycles. The van der Waals surface area contributed by atoms with E-state index < -0.39 is 11.9 Å². The Morgan fingerprint density at radius 1 is 0.761 bits per heavy atom. The van der Waals surface area contributed by atoms with Crippen LogP contribution in [-0.2, 0) is 27.5 Å². The average Bonchev–Trinajstić information content (AvgIpc) is 3.09. The molecule has 7 nitrogen and oxygen atoms in total. The first-order chi connectivity index (χ1) is 22.4. The minimum Gasteiger partial charge on any atom is -0.493 e. The Hall–Kier alpha value is -5.30. The second-order valence-electron chi connectivity index (χ2n) is 11.5. The largest absolute Gasteiger partial charge is 0.493 e. The van der Waals surface area contributed by atoms with Crippen molar-refractivity contribution in [2.24, 2.45) is 0 Å². The van der Waals surface area contributed by atoms with Crippen LogP contribution in [0.5, 0.6) is 17.2 Å². The molecule has 0 saturated heterocycles. The van der Waals surface area contributed by atoms with Gasteiger partial charge in [-0.25, -0.2) is 4.79 Å². The number of allylic oxidation sites excluding steroid dienone is 3. The molecule has 0 bridgehead atoms. The molecule has 46 heavy (non-hydrogen) atoms. The standard InChI is InChI=1S/C39H37NO6/c1-25-36(39(42)46-24-27-13-8-5-9-14-27)37(29-15-10-16-31(19-29)45-23-26-11-6-4-7-12-26)38-32(40-25)20-30(21-33(38)41)28-17-18-34(43-2)35(22-28)44-3/h4-19,22,30,37,40H,20-21,23-24H2,1-3H3. The SMILES string of the molecule is COc1ccc(C2CC(=O)C3=C(C2)NC(C)=C(C(=O)OCc2ccccc2)C3c2cccc(OCc3ccccc3)c2)cc1OC. The van der Waals surface area contributed by atoms with Gasteiger partial charge in [-0.15, -0.1) is 0 Å². The van der Waals surface area contributed by atoms with Gasteiger partial charge in [0, 0.05) is 29.3 Å². The number of hydrogen-bond donors (Lipinski definition) is 1. The molecule has 2 unspecified atom stereocenters. The normalized spacial score (nSPS) is 17.6. The number of carbonyl (C=O) groups excluding carboxylic acids is 2. The van der Waals surface area contributed by atoms with Gasteiger partial charge in [-0.1, -0.05) is 78.9 Å². The number of carbonyl (C=O) groups is 2. The number of rotatable bonds is 10. The van der Waals surface area contributed by atoms with Crippen molar-refractivity contribution >= 4 is 11.8 Å². The van der Waals surface area contributed by atoms with E-state index in [0.29, 0.717) is 53.5 Å². The minimum atomic E-state index is -0.612. The highest BCUT2D eigenvalue weighted by atomic mass is 16.5. The number of Topliss-reactive ketones (excluding diaryl/α,β-unsaturated/α-hetero) is 1. The minimum absolute atomic E-state index is 0.0185. The zero-order valence-electron chi connectivity index (χ0n) is 26.2. The summed E-state index contributed by atoms with van der Waals surface area (Å²) >= 11 is 0. The molecule has 0 radical (unpaired) electrons. The smallest absolute Gasteiger partial charge is 0.337 e. The van der Waals surface area contributed by atoms with Crippen molar-refractivity contribution in [3.05, 3.63) is 148 Å². The molecule has 2 aliphatic rings. The number of ketones is 1. The van der Waals surface area contributed by atoms with Crippen LogP contribution in [0.15, 0.2) is 126 Å². The molecule has 1 heterocycles. The molecule has 1 aliphatic heterocycles. The van der Waals surface area contributed by atoms with Crippen molar-refractivity contribution in [2.75, 3.05) is 14.2 Å². The average molecular weight is 616 g/mol. The fourth-order valence-electron chi connectivity index (χ4n) is 6.31. The molecule has 0 amide bonds. The number of methoxy groups -OCH3 is 2. The molecule has 0 spiro atoms. The van der Waals surface area contributed by atoms with Crippen molar-refractivity contribution in [2.45, 2.75) is 44.8 Å². The summed E-state index contributed by atoms with van der Waals surface area (Å²) in [5.74, 6) is 0.747. The summed E-state index contributed by atoms with van der Waals surface area (Å²) in [6.45, 7) is 2.40. The predicted molar refractivity (Wildman–Crippen MR) is 176 cm³/mol. The van der Waals surface area contributed by atoms with Gasteiger partial charge < -0.3 is 24.3 Å². The Morgan fingerprint density at radius 2 is 1.46 bits per heavy atom. The molecule has 0 fully saturated rings. The highest BCUT2D eigenvalue weighted by molar-refractivity contribution is 6.04. The molecule has 7 heteroatoms. The van der Waals surface area contributed by atoms with Gasteiger partial charge >= 0.3 is 5.97 Å². The topological polar surface area (TPSA) is 83.1 Å². The van der Waals surface area contributed by atoms with Crippen LogP contribution < -0.4 is 19.5 Å². The van der Waals surface area contributed by atoms with E-state index in [-0.39, 0.29) is 18.3 Å². The van der Waals surface area contributed by atoms with Gasteiger partial charge in [0.2, 0.25) is 0 Å². The van der Waals surface area contributed by atoms with Crippen LogP contribution in [0.4, 0.5) is 0 Å². The van der Waals surface area contributed by atoms with Crippen LogP contribution in [0, 0.1) is 0 Å². The highest BCUT2D eigenvalue weighted by Gasteiger charge is 2.41. The van der Waals surface area contributed by atoms with Crippen LogP contribution in [0.1, 0.15) is 53.9 Å². The van der Waals surface area contributed by atoms with Crippen molar-refractivity contribution in [3.63, 3.8) is 0 Å². The van der Waals surface area contributed by atoms with Crippen molar-refractivity contribution in [1.29, 1.82) is 0 Å². The Labute approximate surface area is 269 Å². The third-order valence-corrected chi connectivity index (χ3v) is 8.58. The van der Waals surface area contributed by atoms with Gasteiger partial charge in [0.1, 0.15) is 19.0 Å². The summed E-state index contributed by atoms with van der Waals surface area (Å²) in [4.78, 5) is 28.0. The molecular formula is C39H37NO6. The van der Waals surface area contributed by atoms with Crippen LogP contribution in [0.25, 0.3) is 0 Å². The Morgan fingerprint density at radius 3 is 2.15 bits per heavy atom. The van der Waals surface area contributed by atoms with E-state index in [2.05, 4.69) is 5.32 Å². The van der Waals surface area contributed by atoms with E-state index in [9.17, 15) is 9.59 Å². The Balaban J connectivity index is 1.35. The molecular weight excluding hydrogens is 578 g/mol. The Kier molecular flexibility index (Phi) is 9.20. The van der Waals surface area contributed by atoms with Crippen LogP contribution >= 0.6 is 0 Å². The lowest BCUT2D eigenvalue weighted by atomic mass is 9.71. The molecule has 1 aliphatic carbocycles. The van der Waals surface area contributed by atoms with E-state index in [4.69, 9.17) is 18.9 Å². The molecule has 0 saturated carbocycles. The number of nitrogens with one attached hydrogen (secondary N) is 1. The van der Waals surface area contributed by atoms with Crippen LogP contribution in [0.2, 0.25) is 0 Å². The Bertz CT molecular complexity index is 1790. The van der Waals surface area contributed by atoms with Crippen molar-refractivity contribution in [3.8, 4) is 17.2 Å². The molecule has 234 valence electrons. The summed E-state index contributed by atoms with van der Waals surface area (Å²) < 4.78 is 23.0. The van der Waals surface area contributed by atoms with Gasteiger partial charge in [-0.05, 0) is 65.8 Å². The third-order valence-electron chi connectivity index (χ3n) is 8.58. The van der Waals surface area contributed by atoms with Crippen molar-refractivity contribution in [1.82, 2.24) is 5.32 Å². The zero-order valence-corrected chi connectivity index (χ0v) is 26.2.